The number of amides is 1. The topological polar surface area (TPSA) is 51.2 Å². The van der Waals surface area contributed by atoms with E-state index in [4.69, 9.17) is 4.74 Å². The minimum Gasteiger partial charge on any atom is -0.491 e. The van der Waals surface area contributed by atoms with Crippen LogP contribution in [0.15, 0.2) is 54.9 Å². The Hall–Kier alpha value is -2.88. The van der Waals surface area contributed by atoms with Crippen LogP contribution in [0, 0.1) is 6.92 Å². The molecular weight excluding hydrogens is 300 g/mol. The number of aryl methyl sites for hydroxylation is 1. The molecule has 4 nitrogen and oxygen atoms in total. The Bertz CT molecular complexity index is 882. The van der Waals surface area contributed by atoms with E-state index in [2.05, 4.69) is 10.3 Å². The number of carbonyl (C=O) groups is 1. The maximum atomic E-state index is 12.7. The number of hydrogen-bond donors (Lipinski definition) is 1. The lowest BCUT2D eigenvalue weighted by atomic mass is 10.1. The first kappa shape index (κ1) is 16.0. The predicted molar refractivity (Wildman–Crippen MR) is 96.6 cm³/mol. The van der Waals surface area contributed by atoms with Crippen LogP contribution in [0.1, 0.15) is 29.8 Å². The van der Waals surface area contributed by atoms with Crippen molar-refractivity contribution in [2.24, 2.45) is 0 Å². The molecule has 1 aromatic heterocycles. The van der Waals surface area contributed by atoms with Crippen LogP contribution in [-0.2, 0) is 0 Å². The molecule has 0 fully saturated rings. The first-order valence-electron chi connectivity index (χ1n) is 7.96. The number of nitrogens with zero attached hydrogens (tertiary/aromatic N) is 1. The number of rotatable bonds is 4. The number of hydrogen-bond acceptors (Lipinski definition) is 3. The summed E-state index contributed by atoms with van der Waals surface area (Å²) < 4.78 is 5.68. The van der Waals surface area contributed by atoms with E-state index in [1.54, 1.807) is 12.4 Å². The number of pyridine rings is 1. The number of benzene rings is 2. The average molecular weight is 320 g/mol. The zero-order valence-electron chi connectivity index (χ0n) is 14.0. The summed E-state index contributed by atoms with van der Waals surface area (Å²) in [7, 11) is 0. The molecule has 24 heavy (non-hydrogen) atoms. The van der Waals surface area contributed by atoms with Gasteiger partial charge < -0.3 is 10.1 Å². The number of nitrogens with one attached hydrogen (secondary N) is 1. The highest BCUT2D eigenvalue weighted by Gasteiger charge is 2.12. The van der Waals surface area contributed by atoms with Crippen molar-refractivity contribution in [2.45, 2.75) is 26.9 Å². The van der Waals surface area contributed by atoms with Crippen LogP contribution in [0.5, 0.6) is 5.75 Å². The molecule has 1 amide bonds. The van der Waals surface area contributed by atoms with Gasteiger partial charge in [0.05, 0.1) is 6.10 Å². The fourth-order valence-corrected chi connectivity index (χ4v) is 2.63. The second kappa shape index (κ2) is 6.71. The summed E-state index contributed by atoms with van der Waals surface area (Å²) in [4.78, 5) is 16.8. The van der Waals surface area contributed by atoms with E-state index in [0.29, 0.717) is 5.56 Å². The highest BCUT2D eigenvalue weighted by molar-refractivity contribution is 6.13. The Kier molecular flexibility index (Phi) is 4.47. The maximum Gasteiger partial charge on any atom is 0.256 e. The highest BCUT2D eigenvalue weighted by atomic mass is 16.5. The van der Waals surface area contributed by atoms with Gasteiger partial charge in [0.1, 0.15) is 5.75 Å². The van der Waals surface area contributed by atoms with Crippen LogP contribution in [0.3, 0.4) is 0 Å². The van der Waals surface area contributed by atoms with Crippen LogP contribution >= 0.6 is 0 Å². The van der Waals surface area contributed by atoms with Gasteiger partial charge in [-0.2, -0.15) is 0 Å². The molecule has 1 heterocycles. The first-order chi connectivity index (χ1) is 11.5. The summed E-state index contributed by atoms with van der Waals surface area (Å²) in [5.74, 6) is 0.671. The van der Waals surface area contributed by atoms with E-state index in [0.717, 1.165) is 27.8 Å². The SMILES string of the molecule is Cc1cc(OC(C)C)ccc1NC(=O)c1cccc2cnccc12. The lowest BCUT2D eigenvalue weighted by Gasteiger charge is -2.14. The molecule has 0 saturated carbocycles. The second-order valence-corrected chi connectivity index (χ2v) is 6.00. The smallest absolute Gasteiger partial charge is 0.256 e. The van der Waals surface area contributed by atoms with E-state index in [9.17, 15) is 4.79 Å². The Morgan fingerprint density at radius 3 is 2.75 bits per heavy atom. The molecule has 0 aliphatic carbocycles. The number of carbonyl (C=O) groups excluding carboxylic acids is 1. The van der Waals surface area contributed by atoms with Gasteiger partial charge in [-0.15, -0.1) is 0 Å². The van der Waals surface area contributed by atoms with E-state index < -0.39 is 0 Å². The molecule has 0 spiro atoms. The van der Waals surface area contributed by atoms with Crippen LogP contribution in [0.2, 0.25) is 0 Å². The third-order valence-corrected chi connectivity index (χ3v) is 3.74. The summed E-state index contributed by atoms with van der Waals surface area (Å²) in [6.45, 7) is 5.93. The van der Waals surface area contributed by atoms with Crippen molar-refractivity contribution in [2.75, 3.05) is 5.32 Å². The van der Waals surface area contributed by atoms with Gasteiger partial charge in [-0.1, -0.05) is 12.1 Å². The third-order valence-electron chi connectivity index (χ3n) is 3.74. The molecule has 0 saturated heterocycles. The van der Waals surface area contributed by atoms with E-state index in [-0.39, 0.29) is 12.0 Å². The summed E-state index contributed by atoms with van der Waals surface area (Å²) in [5.41, 5.74) is 2.38. The highest BCUT2D eigenvalue weighted by Crippen LogP contribution is 2.24. The van der Waals surface area contributed by atoms with Crippen LogP contribution in [0.25, 0.3) is 10.8 Å². The fourth-order valence-electron chi connectivity index (χ4n) is 2.63. The monoisotopic (exact) mass is 320 g/mol. The van der Waals surface area contributed by atoms with Crippen molar-refractivity contribution in [3.05, 3.63) is 66.0 Å². The molecular formula is C20H20N2O2. The molecule has 122 valence electrons. The normalized spacial score (nSPS) is 10.8. The fraction of sp³-hybridized carbons (Fsp3) is 0.200. The van der Waals surface area contributed by atoms with Gasteiger partial charge in [0, 0.05) is 29.0 Å². The number of aromatic nitrogens is 1. The molecule has 0 aliphatic heterocycles. The number of fused-ring (bicyclic) bond motifs is 1. The van der Waals surface area contributed by atoms with E-state index in [1.165, 1.54) is 0 Å². The lowest BCUT2D eigenvalue weighted by molar-refractivity contribution is 0.102. The quantitative estimate of drug-likeness (QED) is 0.765. The third kappa shape index (κ3) is 3.38. The Morgan fingerprint density at radius 1 is 1.17 bits per heavy atom. The van der Waals surface area contributed by atoms with Gasteiger partial charge in [-0.05, 0) is 62.1 Å². The van der Waals surface area contributed by atoms with Gasteiger partial charge in [0.25, 0.3) is 5.91 Å². The number of anilines is 1. The van der Waals surface area contributed by atoms with Crippen molar-refractivity contribution < 1.29 is 9.53 Å². The minimum atomic E-state index is -0.132. The predicted octanol–water partition coefficient (Wildman–Crippen LogP) is 4.58. The second-order valence-electron chi connectivity index (χ2n) is 6.00. The molecule has 0 unspecified atom stereocenters. The summed E-state index contributed by atoms with van der Waals surface area (Å²) in [6.07, 6.45) is 3.58. The summed E-state index contributed by atoms with van der Waals surface area (Å²) >= 11 is 0. The van der Waals surface area contributed by atoms with Gasteiger partial charge >= 0.3 is 0 Å². The molecule has 0 atom stereocenters. The minimum absolute atomic E-state index is 0.120. The van der Waals surface area contributed by atoms with Gasteiger partial charge in [-0.3, -0.25) is 9.78 Å². The van der Waals surface area contributed by atoms with E-state index >= 15 is 0 Å². The van der Waals surface area contributed by atoms with Gasteiger partial charge in [0.2, 0.25) is 0 Å². The molecule has 3 aromatic rings. The molecule has 0 radical (unpaired) electrons. The molecule has 1 N–H and O–H groups in total. The molecule has 0 aliphatic rings. The molecule has 2 aromatic carbocycles. The van der Waals surface area contributed by atoms with Crippen LogP contribution in [0.4, 0.5) is 5.69 Å². The number of ether oxygens (including phenoxy) is 1. The van der Waals surface area contributed by atoms with Crippen molar-refractivity contribution in [1.29, 1.82) is 0 Å². The largest absolute Gasteiger partial charge is 0.491 e. The van der Waals surface area contributed by atoms with Gasteiger partial charge in [-0.25, -0.2) is 0 Å². The molecule has 4 heteroatoms. The van der Waals surface area contributed by atoms with Crippen molar-refractivity contribution >= 4 is 22.4 Å². The Morgan fingerprint density at radius 2 is 2.00 bits per heavy atom. The zero-order valence-corrected chi connectivity index (χ0v) is 14.0. The van der Waals surface area contributed by atoms with Crippen molar-refractivity contribution in [3.63, 3.8) is 0 Å². The average Bonchev–Trinajstić information content (AvgIpc) is 2.56. The lowest BCUT2D eigenvalue weighted by Crippen LogP contribution is -2.13. The van der Waals surface area contributed by atoms with Crippen molar-refractivity contribution in [1.82, 2.24) is 4.98 Å². The Balaban J connectivity index is 1.86. The summed E-state index contributed by atoms with van der Waals surface area (Å²) in [5, 5.41) is 4.82. The molecule has 0 bridgehead atoms. The maximum absolute atomic E-state index is 12.7. The Labute approximate surface area is 141 Å². The summed E-state index contributed by atoms with van der Waals surface area (Å²) in [6, 6.07) is 13.2. The molecule has 3 rings (SSSR count). The standard InChI is InChI=1S/C20H20N2O2/c1-13(2)24-16-7-8-19(14(3)11-16)22-20(23)18-6-4-5-15-12-21-10-9-17(15)18/h4-13H,1-3H3,(H,22,23). The first-order valence-corrected chi connectivity index (χ1v) is 7.96. The van der Waals surface area contributed by atoms with Crippen LogP contribution in [-0.4, -0.2) is 17.0 Å². The van der Waals surface area contributed by atoms with Crippen molar-refractivity contribution in [3.8, 4) is 5.75 Å². The zero-order chi connectivity index (χ0) is 17.1. The van der Waals surface area contributed by atoms with Crippen LogP contribution < -0.4 is 10.1 Å². The van der Waals surface area contributed by atoms with E-state index in [1.807, 2.05) is 63.2 Å². The van der Waals surface area contributed by atoms with Gasteiger partial charge in [0.15, 0.2) is 0 Å².